The normalized spacial score (nSPS) is 21.2. The molecular formula is C34H49F5N2O2. The fourth-order valence-electron chi connectivity index (χ4n) is 6.03. The molecule has 1 saturated carbocycles. The molecule has 4 rings (SSSR count). The van der Waals surface area contributed by atoms with E-state index in [0.29, 0.717) is 32.6 Å². The molecule has 9 heteroatoms. The van der Waals surface area contributed by atoms with Gasteiger partial charge in [0.15, 0.2) is 11.6 Å². The highest BCUT2D eigenvalue weighted by molar-refractivity contribution is 5.98. The van der Waals surface area contributed by atoms with Gasteiger partial charge in [-0.25, -0.2) is 18.2 Å². The van der Waals surface area contributed by atoms with E-state index in [9.17, 15) is 8.78 Å². The Balaban J connectivity index is 1.24. The first-order valence-electron chi connectivity index (χ1n) is 16.6. The second-order valence-electron chi connectivity index (χ2n) is 12.4. The van der Waals surface area contributed by atoms with Crippen molar-refractivity contribution in [3.63, 3.8) is 0 Å². The molecule has 3 aliphatic rings. The predicted octanol–water partition coefficient (Wildman–Crippen LogP) is 9.65. The Hall–Kier alpha value is -2.16. The standard InChI is InChI=1S/C34H49F5N2O2/c1-2-3-21-42-22-11-12-23-43-29-24-26-16-17-27(34(38,39)30(26)32(36)31(29)35)28-18-20-41(33(37)40-28)19-10-8-6-4-5-7-9-13-25-14-15-25/h18,20,24-25,27,33H,2-17,19,21-23H2,1H3. The molecule has 43 heavy (non-hydrogen) atoms. The third-order valence-corrected chi connectivity index (χ3v) is 8.86. The molecule has 242 valence electrons. The molecule has 2 unspecified atom stereocenters. The Morgan fingerprint density at radius 3 is 2.30 bits per heavy atom. The molecule has 0 amide bonds. The van der Waals surface area contributed by atoms with Crippen molar-refractivity contribution in [2.45, 2.75) is 122 Å². The lowest BCUT2D eigenvalue weighted by Crippen LogP contribution is -2.40. The maximum absolute atomic E-state index is 15.7. The third kappa shape index (κ3) is 9.66. The smallest absolute Gasteiger partial charge is 0.284 e. The van der Waals surface area contributed by atoms with Crippen molar-refractivity contribution in [1.29, 1.82) is 0 Å². The van der Waals surface area contributed by atoms with Crippen LogP contribution >= 0.6 is 0 Å². The SMILES string of the molecule is CCCCOCCCCOc1cc2c(c(F)c1F)C(F)(F)C(C1=NC(F)N(CCCCCCCCCC3CC3)C=C1)CC2. The third-order valence-electron chi connectivity index (χ3n) is 8.86. The number of benzene rings is 1. The summed E-state index contributed by atoms with van der Waals surface area (Å²) < 4.78 is 87.1. The zero-order chi connectivity index (χ0) is 30.7. The van der Waals surface area contributed by atoms with Crippen LogP contribution in [0.1, 0.15) is 114 Å². The lowest BCUT2D eigenvalue weighted by Gasteiger charge is -2.36. The first kappa shape index (κ1) is 33.7. The number of aryl methyl sites for hydroxylation is 1. The van der Waals surface area contributed by atoms with E-state index in [4.69, 9.17) is 9.47 Å². The first-order chi connectivity index (χ1) is 20.8. The Labute approximate surface area is 254 Å². The van der Waals surface area contributed by atoms with E-state index in [1.165, 1.54) is 68.2 Å². The molecule has 1 aromatic rings. The monoisotopic (exact) mass is 612 g/mol. The lowest BCUT2D eigenvalue weighted by atomic mass is 9.77. The molecule has 4 nitrogen and oxygen atoms in total. The van der Waals surface area contributed by atoms with E-state index < -0.39 is 35.5 Å². The zero-order valence-electron chi connectivity index (χ0n) is 25.7. The van der Waals surface area contributed by atoms with Gasteiger partial charge < -0.3 is 14.4 Å². The first-order valence-corrected chi connectivity index (χ1v) is 16.6. The summed E-state index contributed by atoms with van der Waals surface area (Å²) in [4.78, 5) is 5.34. The minimum absolute atomic E-state index is 0.0137. The van der Waals surface area contributed by atoms with Crippen LogP contribution in [0.25, 0.3) is 0 Å². The van der Waals surface area contributed by atoms with Gasteiger partial charge in [0.05, 0.1) is 23.8 Å². The largest absolute Gasteiger partial charge is 0.490 e. The van der Waals surface area contributed by atoms with Gasteiger partial charge >= 0.3 is 0 Å². The molecule has 0 bridgehead atoms. The molecule has 1 aliphatic heterocycles. The number of fused-ring (bicyclic) bond motifs is 1. The number of rotatable bonds is 20. The van der Waals surface area contributed by atoms with Gasteiger partial charge in [0, 0.05) is 26.0 Å². The van der Waals surface area contributed by atoms with Gasteiger partial charge in [-0.2, -0.15) is 8.78 Å². The van der Waals surface area contributed by atoms with Crippen LogP contribution in [0.2, 0.25) is 0 Å². The average Bonchev–Trinajstić information content (AvgIpc) is 3.81. The van der Waals surface area contributed by atoms with Crippen molar-refractivity contribution in [3.05, 3.63) is 41.1 Å². The van der Waals surface area contributed by atoms with Gasteiger partial charge in [-0.15, -0.1) is 0 Å². The summed E-state index contributed by atoms with van der Waals surface area (Å²) >= 11 is 0. The number of nitrogens with zero attached hydrogens (tertiary/aromatic N) is 2. The maximum Gasteiger partial charge on any atom is 0.284 e. The van der Waals surface area contributed by atoms with Crippen LogP contribution in [-0.4, -0.2) is 43.4 Å². The van der Waals surface area contributed by atoms with Crippen molar-refractivity contribution >= 4 is 5.71 Å². The molecule has 0 saturated heterocycles. The van der Waals surface area contributed by atoms with Crippen LogP contribution in [0, 0.1) is 23.5 Å². The quantitative estimate of drug-likeness (QED) is 0.0835. The van der Waals surface area contributed by atoms with E-state index in [1.54, 1.807) is 0 Å². The molecule has 1 aromatic carbocycles. The minimum atomic E-state index is -3.74. The highest BCUT2D eigenvalue weighted by atomic mass is 19.3. The van der Waals surface area contributed by atoms with E-state index >= 15 is 13.2 Å². The molecule has 0 spiro atoms. The molecular weight excluding hydrogens is 563 g/mol. The second kappa shape index (κ2) is 16.8. The Morgan fingerprint density at radius 2 is 1.58 bits per heavy atom. The molecule has 0 aromatic heterocycles. The van der Waals surface area contributed by atoms with Crippen molar-refractivity contribution in [2.75, 3.05) is 26.4 Å². The van der Waals surface area contributed by atoms with Crippen LogP contribution in [0.5, 0.6) is 5.75 Å². The van der Waals surface area contributed by atoms with E-state index in [-0.39, 0.29) is 36.5 Å². The van der Waals surface area contributed by atoms with Gasteiger partial charge in [-0.05, 0) is 62.1 Å². The van der Waals surface area contributed by atoms with Crippen LogP contribution in [0.4, 0.5) is 22.0 Å². The number of hydrogen-bond acceptors (Lipinski definition) is 4. The average molecular weight is 613 g/mol. The number of ether oxygens (including phenoxy) is 2. The van der Waals surface area contributed by atoms with E-state index in [1.807, 2.05) is 0 Å². The number of unbranched alkanes of at least 4 members (excludes halogenated alkanes) is 8. The molecule has 0 radical (unpaired) electrons. The Kier molecular flexibility index (Phi) is 13.2. The fourth-order valence-corrected chi connectivity index (χ4v) is 6.03. The van der Waals surface area contributed by atoms with E-state index in [0.717, 1.165) is 38.0 Å². The number of alkyl halides is 3. The van der Waals surface area contributed by atoms with Crippen molar-refractivity contribution < 1.29 is 31.4 Å². The second-order valence-corrected chi connectivity index (χ2v) is 12.4. The van der Waals surface area contributed by atoms with Crippen LogP contribution in [-0.2, 0) is 17.1 Å². The summed E-state index contributed by atoms with van der Waals surface area (Å²) in [5, 5.41) is 0. The van der Waals surface area contributed by atoms with Gasteiger partial charge in [-0.3, -0.25) is 0 Å². The highest BCUT2D eigenvalue weighted by Gasteiger charge is 2.51. The van der Waals surface area contributed by atoms with Crippen LogP contribution < -0.4 is 4.74 Å². The Bertz CT molecular complexity index is 1080. The molecule has 2 aliphatic carbocycles. The molecule has 1 fully saturated rings. The Morgan fingerprint density at radius 1 is 0.884 bits per heavy atom. The van der Waals surface area contributed by atoms with Crippen LogP contribution in [0.3, 0.4) is 0 Å². The van der Waals surface area contributed by atoms with E-state index in [2.05, 4.69) is 11.9 Å². The summed E-state index contributed by atoms with van der Waals surface area (Å²) in [5.41, 5.74) is -1.08. The number of hydrogen-bond donors (Lipinski definition) is 0. The zero-order valence-corrected chi connectivity index (χ0v) is 25.7. The minimum Gasteiger partial charge on any atom is -0.490 e. The number of aliphatic imine (C=N–C) groups is 1. The summed E-state index contributed by atoms with van der Waals surface area (Å²) in [7, 11) is 0. The topological polar surface area (TPSA) is 34.1 Å². The summed E-state index contributed by atoms with van der Waals surface area (Å²) in [6, 6.07) is 1.18. The van der Waals surface area contributed by atoms with Crippen molar-refractivity contribution in [2.24, 2.45) is 16.8 Å². The van der Waals surface area contributed by atoms with Gasteiger partial charge in [-0.1, -0.05) is 71.1 Å². The van der Waals surface area contributed by atoms with Gasteiger partial charge in [0.2, 0.25) is 5.82 Å². The summed E-state index contributed by atoms with van der Waals surface area (Å²) in [6.45, 7) is 3.89. The number of halogens is 5. The highest BCUT2D eigenvalue weighted by Crippen LogP contribution is 2.48. The van der Waals surface area contributed by atoms with Gasteiger partial charge in [0.1, 0.15) is 0 Å². The molecule has 0 N–H and O–H groups in total. The predicted molar refractivity (Wildman–Crippen MR) is 160 cm³/mol. The van der Waals surface area contributed by atoms with Crippen molar-refractivity contribution in [3.8, 4) is 5.75 Å². The summed E-state index contributed by atoms with van der Waals surface area (Å²) in [6.07, 6.45) is 16.5. The number of allylic oxidation sites excluding steroid dienone is 1. The summed E-state index contributed by atoms with van der Waals surface area (Å²) in [5.74, 6) is -7.67. The lowest BCUT2D eigenvalue weighted by molar-refractivity contribution is -0.0532. The van der Waals surface area contributed by atoms with Gasteiger partial charge in [0.25, 0.3) is 12.3 Å². The molecule has 1 heterocycles. The van der Waals surface area contributed by atoms with Crippen LogP contribution in [0.15, 0.2) is 23.3 Å². The fraction of sp³-hybridized carbons (Fsp3) is 0.735. The molecule has 2 atom stereocenters. The van der Waals surface area contributed by atoms with Crippen molar-refractivity contribution in [1.82, 2.24) is 4.90 Å². The maximum atomic E-state index is 15.7.